The summed E-state index contributed by atoms with van der Waals surface area (Å²) in [7, 11) is 0. The zero-order valence-corrected chi connectivity index (χ0v) is 88.4. The lowest BCUT2D eigenvalue weighted by Gasteiger charge is -2.33. The standard InChI is InChI=1S/C142H141NO2/c1-16-20-24-28-40-72-141(73-41-29-25-21-17-2)114-48-36-32-44-98(114)104-66-56-91(78-124(104)141)89-54-64-100-102-68-58-93(80-118(102)136(6,7)116(100)76-89)110-84-126-132(134-130(110)108-46-34-38-50-128(108)144-134)107-71-63-97(83-121(107)139(126,12)13)143(95-60-52-88(5)53-61-95)96-62-70-106-112-86-123-113(87-122(112)138(10,11)120(106)82-96)133-127(140(123,14)15)85-111(131-109-47-35-39-51-129(109)145-135(131)133)94-59-69-103-101-65-55-90(77-117(101)137(8,9)119(103)81-94)92-57-67-105-99-45-33-37-49-115(99)142(125(105)79-92,74-42-30-26-22-18-3)75-43-31-27-23-19-4/h32-39,44-71,76-87H,16-31,40-43,72-75H2,1-15H3. The van der Waals surface area contributed by atoms with E-state index in [1.54, 1.807) is 22.3 Å². The molecule has 0 amide bonds. The summed E-state index contributed by atoms with van der Waals surface area (Å²) in [6, 6.07) is 116. The topological polar surface area (TPSA) is 29.5 Å². The third-order valence-electron chi connectivity index (χ3n) is 37.1. The first-order valence-corrected chi connectivity index (χ1v) is 55.8. The van der Waals surface area contributed by atoms with Crippen molar-refractivity contribution in [3.05, 3.63) is 375 Å². The fourth-order valence-corrected chi connectivity index (χ4v) is 29.1. The van der Waals surface area contributed by atoms with Crippen molar-refractivity contribution in [1.29, 1.82) is 0 Å². The molecule has 0 fully saturated rings. The van der Waals surface area contributed by atoms with Crippen LogP contribution >= 0.6 is 0 Å². The van der Waals surface area contributed by atoms with E-state index < -0.39 is 5.41 Å². The summed E-state index contributed by atoms with van der Waals surface area (Å²) in [6.45, 7) is 36.2. The molecule has 0 N–H and O–H groups in total. The first-order chi connectivity index (χ1) is 70.4. The fraction of sp³-hybridized carbons (Fsp3) is 0.324. The number of aryl methyl sites for hydroxylation is 1. The van der Waals surface area contributed by atoms with Gasteiger partial charge in [-0.3, -0.25) is 0 Å². The van der Waals surface area contributed by atoms with E-state index in [-0.39, 0.29) is 32.5 Å². The van der Waals surface area contributed by atoms with Gasteiger partial charge in [-0.15, -0.1) is 0 Å². The van der Waals surface area contributed by atoms with Crippen LogP contribution in [0.5, 0.6) is 0 Å². The van der Waals surface area contributed by atoms with E-state index in [2.05, 4.69) is 400 Å². The maximum atomic E-state index is 7.42. The number of unbranched alkanes of at least 4 members (excludes halogenated alkanes) is 16. The van der Waals surface area contributed by atoms with Crippen LogP contribution in [0.2, 0.25) is 0 Å². The van der Waals surface area contributed by atoms with Crippen molar-refractivity contribution < 1.29 is 8.83 Å². The monoisotopic (exact) mass is 1890 g/mol. The van der Waals surface area contributed by atoms with E-state index in [0.29, 0.717) is 0 Å². The molecule has 145 heavy (non-hydrogen) atoms. The Kier molecular flexibility index (Phi) is 22.7. The summed E-state index contributed by atoms with van der Waals surface area (Å²) in [5.74, 6) is 0. The Morgan fingerprint density at radius 1 is 0.207 bits per heavy atom. The molecule has 3 nitrogen and oxygen atoms in total. The van der Waals surface area contributed by atoms with Gasteiger partial charge < -0.3 is 13.7 Å². The normalized spacial score (nSPS) is 15.8. The number of hydrogen-bond donors (Lipinski definition) is 0. The minimum absolute atomic E-state index is 0.0219. The van der Waals surface area contributed by atoms with E-state index in [1.807, 2.05) is 0 Å². The molecular weight excluding hydrogens is 1750 g/mol. The minimum atomic E-state index is -0.413. The number of anilines is 3. The molecule has 7 aliphatic carbocycles. The first kappa shape index (κ1) is 93.0. The summed E-state index contributed by atoms with van der Waals surface area (Å²) in [5.41, 5.74) is 55.3. The molecule has 0 saturated carbocycles. The van der Waals surface area contributed by atoms with Gasteiger partial charge >= 0.3 is 0 Å². The third-order valence-corrected chi connectivity index (χ3v) is 37.1. The van der Waals surface area contributed by atoms with Crippen molar-refractivity contribution in [2.24, 2.45) is 0 Å². The van der Waals surface area contributed by atoms with E-state index in [4.69, 9.17) is 8.83 Å². The average molecular weight is 1890 g/mol. The Bertz CT molecular complexity index is 8270. The van der Waals surface area contributed by atoms with Gasteiger partial charge in [0.05, 0.1) is 0 Å². The molecular formula is C142H141NO2. The third kappa shape index (κ3) is 14.4. The van der Waals surface area contributed by atoms with Crippen molar-refractivity contribution in [1.82, 2.24) is 0 Å². The van der Waals surface area contributed by atoms with Crippen LogP contribution < -0.4 is 4.90 Å². The lowest BCUT2D eigenvalue weighted by atomic mass is 9.70. The van der Waals surface area contributed by atoms with Gasteiger partial charge in [-0.1, -0.05) is 413 Å². The molecule has 18 aromatic rings. The van der Waals surface area contributed by atoms with Crippen LogP contribution in [0.3, 0.4) is 0 Å². The number of nitrogens with zero attached hydrogens (tertiary/aromatic N) is 1. The van der Waals surface area contributed by atoms with Gasteiger partial charge in [-0.25, -0.2) is 0 Å². The second kappa shape index (κ2) is 35.4. The second-order valence-corrected chi connectivity index (χ2v) is 47.5. The maximum absolute atomic E-state index is 7.42. The summed E-state index contributed by atoms with van der Waals surface area (Å²) in [6.07, 6.45) is 30.8. The predicted molar refractivity (Wildman–Crippen MR) is 616 cm³/mol. The Morgan fingerprint density at radius 3 is 0.897 bits per heavy atom. The molecule has 25 rings (SSSR count). The largest absolute Gasteiger partial charge is 0.455 e. The summed E-state index contributed by atoms with van der Waals surface area (Å²) in [4.78, 5) is 2.52. The van der Waals surface area contributed by atoms with Crippen molar-refractivity contribution in [3.63, 3.8) is 0 Å². The second-order valence-electron chi connectivity index (χ2n) is 47.5. The van der Waals surface area contributed by atoms with Crippen LogP contribution in [0.1, 0.15) is 334 Å². The van der Waals surface area contributed by atoms with Crippen LogP contribution in [0.4, 0.5) is 17.1 Å². The first-order valence-electron chi connectivity index (χ1n) is 55.8. The van der Waals surface area contributed by atoms with E-state index >= 15 is 0 Å². The smallest absolute Gasteiger partial charge is 0.144 e. The molecule has 2 heterocycles. The van der Waals surface area contributed by atoms with Crippen LogP contribution in [-0.4, -0.2) is 0 Å². The molecule has 0 saturated heterocycles. The SMILES string of the molecule is CCCCCCCC1(CCCCCCC)c2ccccc2-c2ccc(-c3ccc4c(c3)C(C)(C)c3cc(-c5cc6c(c7oc8ccccc8c57)-c5ccc(N(c7ccc(C)cc7)c7ccc8c(c7)C(C)(C)c7cc9c(cc7-8)C(C)(C)c7cc(-c8ccc%10c(c8)C(C)(C)c8cc(-c%11ccc%12c(c%11)C(CCCCCCC)(CCCCCCC)c%11ccccc%11-%12)ccc8-%10)c8c(oc%10ccccc%108)c7-9)cc5C6(C)C)ccc3-4)cc21. The molecule has 0 radical (unpaired) electrons. The minimum Gasteiger partial charge on any atom is -0.455 e. The summed E-state index contributed by atoms with van der Waals surface area (Å²) >= 11 is 0. The van der Waals surface area contributed by atoms with Crippen molar-refractivity contribution in [2.75, 3.05) is 4.90 Å². The zero-order chi connectivity index (χ0) is 99.1. The van der Waals surface area contributed by atoms with Crippen LogP contribution in [0.15, 0.2) is 300 Å². The molecule has 2 aromatic heterocycles. The van der Waals surface area contributed by atoms with Gasteiger partial charge in [0.25, 0.3) is 0 Å². The van der Waals surface area contributed by atoms with Crippen molar-refractivity contribution >= 4 is 60.9 Å². The van der Waals surface area contributed by atoms with E-state index in [9.17, 15) is 0 Å². The van der Waals surface area contributed by atoms with Gasteiger partial charge in [-0.05, 0) is 331 Å². The van der Waals surface area contributed by atoms with E-state index in [0.717, 1.165) is 50.2 Å². The molecule has 0 atom stereocenters. The molecule has 0 spiro atoms. The number of hydrogen-bond acceptors (Lipinski definition) is 3. The molecule has 16 aromatic carbocycles. The van der Waals surface area contributed by atoms with Gasteiger partial charge in [0.15, 0.2) is 0 Å². The quantitative estimate of drug-likeness (QED) is 0.0406. The maximum Gasteiger partial charge on any atom is 0.144 e. The number of fused-ring (bicyclic) bond motifs is 29. The van der Waals surface area contributed by atoms with Crippen molar-refractivity contribution in [3.8, 4) is 122 Å². The summed E-state index contributed by atoms with van der Waals surface area (Å²) < 4.78 is 14.8. The Hall–Kier alpha value is -13.1. The van der Waals surface area contributed by atoms with Crippen LogP contribution in [0.25, 0.3) is 166 Å². The Labute approximate surface area is 861 Å². The van der Waals surface area contributed by atoms with Gasteiger partial charge in [0, 0.05) is 87.6 Å². The number of furan rings is 2. The molecule has 0 unspecified atom stereocenters. The van der Waals surface area contributed by atoms with E-state index in [1.165, 1.54) is 348 Å². The Balaban J connectivity index is 0.529. The molecule has 0 bridgehead atoms. The highest BCUT2D eigenvalue weighted by molar-refractivity contribution is 6.20. The highest BCUT2D eigenvalue weighted by atomic mass is 16.3. The van der Waals surface area contributed by atoms with Gasteiger partial charge in [-0.2, -0.15) is 0 Å². The number of benzene rings is 16. The average Bonchev–Trinajstić information content (AvgIpc) is 1.51. The molecule has 7 aliphatic rings. The highest BCUT2D eigenvalue weighted by Gasteiger charge is 2.50. The lowest BCUT2D eigenvalue weighted by Crippen LogP contribution is -2.25. The summed E-state index contributed by atoms with van der Waals surface area (Å²) in [5, 5.41) is 4.66. The molecule has 3 heteroatoms. The van der Waals surface area contributed by atoms with Gasteiger partial charge in [0.2, 0.25) is 0 Å². The zero-order valence-electron chi connectivity index (χ0n) is 88.4. The lowest BCUT2D eigenvalue weighted by molar-refractivity contribution is 0.399. The van der Waals surface area contributed by atoms with Crippen LogP contribution in [-0.2, 0) is 37.9 Å². The predicted octanol–water partition coefficient (Wildman–Crippen LogP) is 41.4. The van der Waals surface area contributed by atoms with Crippen LogP contribution in [0, 0.1) is 6.92 Å². The fourth-order valence-electron chi connectivity index (χ4n) is 29.1. The number of para-hydroxylation sites is 2. The van der Waals surface area contributed by atoms with Crippen molar-refractivity contribution in [2.45, 2.75) is 296 Å². The number of rotatable bonds is 31. The van der Waals surface area contributed by atoms with Gasteiger partial charge in [0.1, 0.15) is 22.3 Å². The molecule has 0 aliphatic heterocycles. The highest BCUT2D eigenvalue weighted by Crippen LogP contribution is 2.65. The Morgan fingerprint density at radius 2 is 0.483 bits per heavy atom. The molecule has 726 valence electrons.